The maximum absolute atomic E-state index is 5.36. The molecule has 13 heavy (non-hydrogen) atoms. The number of thioether (sulfide) groups is 1. The molecule has 0 aromatic carbocycles. The fourth-order valence-electron chi connectivity index (χ4n) is 0.893. The second-order valence-electron chi connectivity index (χ2n) is 2.51. The molecule has 4 heteroatoms. The Morgan fingerprint density at radius 3 is 2.85 bits per heavy atom. The van der Waals surface area contributed by atoms with Gasteiger partial charge in [-0.3, -0.25) is 0 Å². The van der Waals surface area contributed by atoms with Crippen LogP contribution < -0.4 is 4.74 Å². The van der Waals surface area contributed by atoms with Crippen molar-refractivity contribution in [2.24, 2.45) is 0 Å². The minimum atomic E-state index is 0.647. The zero-order valence-corrected chi connectivity index (χ0v) is 9.02. The molecular formula is C9H14N2OS. The number of hydrogen-bond acceptors (Lipinski definition) is 4. The van der Waals surface area contributed by atoms with Crippen LogP contribution in [0.3, 0.4) is 0 Å². The molecule has 0 aliphatic carbocycles. The van der Waals surface area contributed by atoms with Crippen LogP contribution in [0.5, 0.6) is 5.88 Å². The van der Waals surface area contributed by atoms with E-state index in [-0.39, 0.29) is 0 Å². The molecule has 0 aliphatic heterocycles. The lowest BCUT2D eigenvalue weighted by molar-refractivity contribution is 0.320. The molecule has 3 nitrogen and oxygen atoms in total. The molecule has 0 aliphatic rings. The number of ether oxygens (including phenoxy) is 1. The minimum absolute atomic E-state index is 0.647. The number of nitrogens with zero attached hydrogens (tertiary/aromatic N) is 2. The Morgan fingerprint density at radius 1 is 1.46 bits per heavy atom. The van der Waals surface area contributed by atoms with Crippen molar-refractivity contribution in [2.45, 2.75) is 25.9 Å². The van der Waals surface area contributed by atoms with Crippen molar-refractivity contribution in [1.82, 2.24) is 9.97 Å². The van der Waals surface area contributed by atoms with Gasteiger partial charge in [0.1, 0.15) is 0 Å². The molecule has 1 aromatic heterocycles. The summed E-state index contributed by atoms with van der Waals surface area (Å²) in [5, 5.41) is 0.788. The van der Waals surface area contributed by atoms with E-state index in [0.29, 0.717) is 12.5 Å². The van der Waals surface area contributed by atoms with E-state index in [0.717, 1.165) is 16.5 Å². The smallest absolute Gasteiger partial charge is 0.220 e. The Hall–Kier alpha value is -0.770. The van der Waals surface area contributed by atoms with Crippen LogP contribution in [0.2, 0.25) is 0 Å². The molecule has 0 unspecified atom stereocenters. The van der Waals surface area contributed by atoms with Gasteiger partial charge in [0, 0.05) is 11.8 Å². The monoisotopic (exact) mass is 198 g/mol. The summed E-state index contributed by atoms with van der Waals surface area (Å²) in [5.74, 6) is 1.68. The molecule has 1 aromatic rings. The molecule has 0 N–H and O–H groups in total. The number of hydrogen-bond donors (Lipinski definition) is 0. The van der Waals surface area contributed by atoms with E-state index >= 15 is 0 Å². The van der Waals surface area contributed by atoms with Crippen LogP contribution >= 0.6 is 11.8 Å². The van der Waals surface area contributed by atoms with Crippen LogP contribution in [-0.2, 0) is 0 Å². The molecule has 0 fully saturated rings. The van der Waals surface area contributed by atoms with Crippen LogP contribution in [0.25, 0.3) is 0 Å². The van der Waals surface area contributed by atoms with Gasteiger partial charge < -0.3 is 4.74 Å². The zero-order valence-electron chi connectivity index (χ0n) is 8.20. The van der Waals surface area contributed by atoms with Gasteiger partial charge in [0.05, 0.1) is 6.61 Å². The minimum Gasteiger partial charge on any atom is -0.478 e. The fourth-order valence-corrected chi connectivity index (χ4v) is 1.43. The molecule has 0 spiro atoms. The van der Waals surface area contributed by atoms with E-state index in [1.807, 2.05) is 13.8 Å². The van der Waals surface area contributed by atoms with Gasteiger partial charge in [-0.2, -0.15) is 4.98 Å². The molecular weight excluding hydrogens is 184 g/mol. The van der Waals surface area contributed by atoms with Gasteiger partial charge in [-0.25, -0.2) is 4.98 Å². The van der Waals surface area contributed by atoms with Crippen LogP contribution in [0.1, 0.15) is 19.4 Å². The standard InChI is InChI=1S/C9H14N2OS/c1-4-12-8-7(3)6-10-9(11-8)13-5-2/h6H,4-5H2,1-3H3. The summed E-state index contributed by atoms with van der Waals surface area (Å²) >= 11 is 1.62. The quantitative estimate of drug-likeness (QED) is 0.549. The maximum atomic E-state index is 5.36. The number of aryl methyl sites for hydroxylation is 1. The van der Waals surface area contributed by atoms with E-state index in [1.165, 1.54) is 0 Å². The van der Waals surface area contributed by atoms with Crippen molar-refractivity contribution >= 4 is 11.8 Å². The second kappa shape index (κ2) is 5.07. The van der Waals surface area contributed by atoms with Crippen LogP contribution in [-0.4, -0.2) is 22.3 Å². The number of aromatic nitrogens is 2. The van der Waals surface area contributed by atoms with Crippen molar-refractivity contribution < 1.29 is 4.74 Å². The molecule has 0 radical (unpaired) electrons. The highest BCUT2D eigenvalue weighted by molar-refractivity contribution is 7.99. The van der Waals surface area contributed by atoms with Crippen molar-refractivity contribution in [3.63, 3.8) is 0 Å². The van der Waals surface area contributed by atoms with Crippen LogP contribution in [0.15, 0.2) is 11.4 Å². The summed E-state index contributed by atoms with van der Waals surface area (Å²) in [4.78, 5) is 8.46. The third kappa shape index (κ3) is 2.88. The highest BCUT2D eigenvalue weighted by Gasteiger charge is 2.03. The molecule has 1 rings (SSSR count). The van der Waals surface area contributed by atoms with Gasteiger partial charge in [-0.15, -0.1) is 0 Å². The normalized spacial score (nSPS) is 10.1. The Balaban J connectivity index is 2.83. The van der Waals surface area contributed by atoms with E-state index in [2.05, 4.69) is 16.9 Å². The number of rotatable bonds is 4. The topological polar surface area (TPSA) is 35.0 Å². The lowest BCUT2D eigenvalue weighted by atomic mass is 10.4. The average molecular weight is 198 g/mol. The first-order valence-electron chi connectivity index (χ1n) is 4.37. The summed E-state index contributed by atoms with van der Waals surface area (Å²) in [5.41, 5.74) is 0.988. The Bertz CT molecular complexity index is 278. The molecule has 0 saturated carbocycles. The lowest BCUT2D eigenvalue weighted by Crippen LogP contribution is -1.99. The summed E-state index contributed by atoms with van der Waals surface area (Å²) in [6.07, 6.45) is 1.80. The molecule has 0 bridgehead atoms. The predicted molar refractivity (Wildman–Crippen MR) is 54.3 cm³/mol. The fraction of sp³-hybridized carbons (Fsp3) is 0.556. The molecule has 0 atom stereocenters. The largest absolute Gasteiger partial charge is 0.478 e. The van der Waals surface area contributed by atoms with E-state index in [1.54, 1.807) is 18.0 Å². The molecule has 1 heterocycles. The van der Waals surface area contributed by atoms with Gasteiger partial charge in [0.15, 0.2) is 5.16 Å². The summed E-state index contributed by atoms with van der Waals surface area (Å²) in [7, 11) is 0. The molecule has 0 saturated heterocycles. The summed E-state index contributed by atoms with van der Waals surface area (Å²) < 4.78 is 5.36. The van der Waals surface area contributed by atoms with Crippen LogP contribution in [0.4, 0.5) is 0 Å². The third-order valence-electron chi connectivity index (χ3n) is 1.46. The average Bonchev–Trinajstić information content (AvgIpc) is 2.12. The Kier molecular flexibility index (Phi) is 4.02. The highest BCUT2D eigenvalue weighted by Crippen LogP contribution is 2.18. The highest BCUT2D eigenvalue weighted by atomic mass is 32.2. The Labute approximate surface area is 82.9 Å². The van der Waals surface area contributed by atoms with Crippen molar-refractivity contribution in [3.8, 4) is 5.88 Å². The van der Waals surface area contributed by atoms with Crippen molar-refractivity contribution in [3.05, 3.63) is 11.8 Å². The summed E-state index contributed by atoms with van der Waals surface area (Å²) in [6.45, 7) is 6.63. The first-order valence-corrected chi connectivity index (χ1v) is 5.35. The van der Waals surface area contributed by atoms with Crippen LogP contribution in [0, 0.1) is 6.92 Å². The lowest BCUT2D eigenvalue weighted by Gasteiger charge is -2.05. The molecule has 0 amide bonds. The van der Waals surface area contributed by atoms with Gasteiger partial charge in [-0.1, -0.05) is 18.7 Å². The SMILES string of the molecule is CCOc1nc(SCC)ncc1C. The first-order chi connectivity index (χ1) is 6.27. The summed E-state index contributed by atoms with van der Waals surface area (Å²) in [6, 6.07) is 0. The molecule has 72 valence electrons. The van der Waals surface area contributed by atoms with E-state index in [4.69, 9.17) is 4.74 Å². The van der Waals surface area contributed by atoms with Gasteiger partial charge in [0.2, 0.25) is 5.88 Å². The van der Waals surface area contributed by atoms with Gasteiger partial charge >= 0.3 is 0 Å². The van der Waals surface area contributed by atoms with Crippen molar-refractivity contribution in [2.75, 3.05) is 12.4 Å². The van der Waals surface area contributed by atoms with Gasteiger partial charge in [0.25, 0.3) is 0 Å². The van der Waals surface area contributed by atoms with E-state index < -0.39 is 0 Å². The van der Waals surface area contributed by atoms with Gasteiger partial charge in [-0.05, 0) is 19.6 Å². The Morgan fingerprint density at radius 2 is 2.23 bits per heavy atom. The first kappa shape index (κ1) is 10.3. The zero-order chi connectivity index (χ0) is 9.68. The maximum Gasteiger partial charge on any atom is 0.220 e. The van der Waals surface area contributed by atoms with E-state index in [9.17, 15) is 0 Å². The predicted octanol–water partition coefficient (Wildman–Crippen LogP) is 2.30. The second-order valence-corrected chi connectivity index (χ2v) is 3.74. The van der Waals surface area contributed by atoms with Crippen molar-refractivity contribution in [1.29, 1.82) is 0 Å². The third-order valence-corrected chi connectivity index (χ3v) is 2.20.